The number of carbonyl (C=O) groups is 1. The second-order valence-electron chi connectivity index (χ2n) is 5.48. The zero-order chi connectivity index (χ0) is 15.9. The van der Waals surface area contributed by atoms with Gasteiger partial charge in [0.15, 0.2) is 0 Å². The van der Waals surface area contributed by atoms with Crippen molar-refractivity contribution < 1.29 is 18.7 Å². The summed E-state index contributed by atoms with van der Waals surface area (Å²) in [6.07, 6.45) is 3.53. The van der Waals surface area contributed by atoms with Crippen LogP contribution in [0.3, 0.4) is 0 Å². The van der Waals surface area contributed by atoms with Crippen LogP contribution in [-0.2, 0) is 4.74 Å². The second kappa shape index (κ2) is 7.67. The van der Waals surface area contributed by atoms with Crippen molar-refractivity contribution in [2.45, 2.75) is 32.8 Å². The summed E-state index contributed by atoms with van der Waals surface area (Å²) in [5.74, 6) is 0.136. The van der Waals surface area contributed by atoms with Gasteiger partial charge in [-0.1, -0.05) is 18.2 Å². The summed E-state index contributed by atoms with van der Waals surface area (Å²) in [5.41, 5.74) is -0.113. The molecule has 0 radical (unpaired) electrons. The van der Waals surface area contributed by atoms with Gasteiger partial charge in [0.1, 0.15) is 17.2 Å². The SMILES string of the molecule is COc1cccc(F)c1C=CCCNC(=O)OC(C)(C)C. The van der Waals surface area contributed by atoms with Crippen molar-refractivity contribution >= 4 is 12.2 Å². The molecule has 1 rings (SSSR count). The number of benzene rings is 1. The zero-order valence-corrected chi connectivity index (χ0v) is 12.9. The lowest BCUT2D eigenvalue weighted by Crippen LogP contribution is -2.32. The molecule has 0 fully saturated rings. The Kier molecular flexibility index (Phi) is 6.21. The Morgan fingerprint density at radius 2 is 2.10 bits per heavy atom. The Bertz CT molecular complexity index is 507. The summed E-state index contributed by atoms with van der Waals surface area (Å²) in [6, 6.07) is 4.67. The van der Waals surface area contributed by atoms with Gasteiger partial charge < -0.3 is 14.8 Å². The lowest BCUT2D eigenvalue weighted by atomic mass is 10.1. The van der Waals surface area contributed by atoms with Crippen molar-refractivity contribution in [3.63, 3.8) is 0 Å². The van der Waals surface area contributed by atoms with Gasteiger partial charge in [-0.25, -0.2) is 9.18 Å². The largest absolute Gasteiger partial charge is 0.496 e. The summed E-state index contributed by atoms with van der Waals surface area (Å²) in [4.78, 5) is 11.4. The van der Waals surface area contributed by atoms with Crippen molar-refractivity contribution in [2.75, 3.05) is 13.7 Å². The summed E-state index contributed by atoms with van der Waals surface area (Å²) in [6.45, 7) is 5.83. The average Bonchev–Trinajstić information content (AvgIpc) is 2.37. The summed E-state index contributed by atoms with van der Waals surface area (Å²) < 4.78 is 23.8. The first-order valence-corrected chi connectivity index (χ1v) is 6.79. The highest BCUT2D eigenvalue weighted by Gasteiger charge is 2.15. The van der Waals surface area contributed by atoms with Crippen LogP contribution in [0.2, 0.25) is 0 Å². The number of nitrogens with one attached hydrogen (secondary N) is 1. The molecule has 0 atom stereocenters. The number of amides is 1. The third-order valence-corrected chi connectivity index (χ3v) is 2.50. The van der Waals surface area contributed by atoms with E-state index in [2.05, 4.69) is 5.32 Å². The molecule has 0 aliphatic rings. The predicted molar refractivity (Wildman–Crippen MR) is 80.8 cm³/mol. The van der Waals surface area contributed by atoms with Gasteiger partial charge in [0, 0.05) is 6.54 Å². The number of hydrogen-bond donors (Lipinski definition) is 1. The molecule has 0 spiro atoms. The standard InChI is InChI=1S/C16H22FNO3/c1-16(2,3)21-15(19)18-11-6-5-8-12-13(17)9-7-10-14(12)20-4/h5,7-10H,6,11H2,1-4H3,(H,18,19). The minimum Gasteiger partial charge on any atom is -0.496 e. The van der Waals surface area contributed by atoms with Gasteiger partial charge in [-0.3, -0.25) is 0 Å². The molecule has 0 bridgehead atoms. The number of ether oxygens (including phenoxy) is 2. The number of hydrogen-bond acceptors (Lipinski definition) is 3. The Labute approximate surface area is 124 Å². The highest BCUT2D eigenvalue weighted by atomic mass is 19.1. The quantitative estimate of drug-likeness (QED) is 0.841. The molecule has 1 N–H and O–H groups in total. The molecular weight excluding hydrogens is 273 g/mol. The van der Waals surface area contributed by atoms with E-state index >= 15 is 0 Å². The second-order valence-corrected chi connectivity index (χ2v) is 5.48. The van der Waals surface area contributed by atoms with Crippen LogP contribution in [0.5, 0.6) is 5.75 Å². The van der Waals surface area contributed by atoms with Gasteiger partial charge in [0.2, 0.25) is 0 Å². The Hall–Kier alpha value is -2.04. The lowest BCUT2D eigenvalue weighted by molar-refractivity contribution is 0.0529. The van der Waals surface area contributed by atoms with Crippen LogP contribution in [0.4, 0.5) is 9.18 Å². The zero-order valence-electron chi connectivity index (χ0n) is 12.9. The highest BCUT2D eigenvalue weighted by molar-refractivity contribution is 5.67. The lowest BCUT2D eigenvalue weighted by Gasteiger charge is -2.19. The molecule has 0 aromatic heterocycles. The van der Waals surface area contributed by atoms with Crippen LogP contribution in [-0.4, -0.2) is 25.3 Å². The number of alkyl carbamates (subject to hydrolysis) is 1. The highest BCUT2D eigenvalue weighted by Crippen LogP contribution is 2.22. The van der Waals surface area contributed by atoms with Gasteiger partial charge >= 0.3 is 6.09 Å². The van der Waals surface area contributed by atoms with Gasteiger partial charge in [-0.2, -0.15) is 0 Å². The molecule has 0 saturated heterocycles. The monoisotopic (exact) mass is 295 g/mol. The fourth-order valence-electron chi connectivity index (χ4n) is 1.63. The van der Waals surface area contributed by atoms with Crippen LogP contribution >= 0.6 is 0 Å². The number of carbonyl (C=O) groups excluding carboxylic acids is 1. The van der Waals surface area contributed by atoms with Crippen molar-refractivity contribution in [3.8, 4) is 5.75 Å². The van der Waals surface area contributed by atoms with E-state index in [-0.39, 0.29) is 5.82 Å². The van der Waals surface area contributed by atoms with Crippen molar-refractivity contribution in [1.82, 2.24) is 5.32 Å². The molecule has 0 aliphatic heterocycles. The van der Waals surface area contributed by atoms with E-state index < -0.39 is 11.7 Å². The fraction of sp³-hybridized carbons (Fsp3) is 0.438. The van der Waals surface area contributed by atoms with Gasteiger partial charge in [-0.05, 0) is 39.3 Å². The van der Waals surface area contributed by atoms with Gasteiger partial charge in [0.05, 0.1) is 12.7 Å². The van der Waals surface area contributed by atoms with E-state index in [1.807, 2.05) is 0 Å². The molecule has 0 saturated carbocycles. The maximum absolute atomic E-state index is 13.6. The topological polar surface area (TPSA) is 47.6 Å². The first-order chi connectivity index (χ1) is 9.83. The molecule has 1 aromatic rings. The van der Waals surface area contributed by atoms with Crippen molar-refractivity contribution in [1.29, 1.82) is 0 Å². The summed E-state index contributed by atoms with van der Waals surface area (Å²) in [7, 11) is 1.50. The minimum atomic E-state index is -0.513. The molecule has 1 aromatic carbocycles. The maximum atomic E-state index is 13.6. The van der Waals surface area contributed by atoms with E-state index in [1.54, 1.807) is 45.1 Å². The first-order valence-electron chi connectivity index (χ1n) is 6.79. The maximum Gasteiger partial charge on any atom is 0.407 e. The normalized spacial score (nSPS) is 11.5. The van der Waals surface area contributed by atoms with Gasteiger partial charge in [-0.15, -0.1) is 0 Å². The molecule has 0 unspecified atom stereocenters. The van der Waals surface area contributed by atoms with E-state index in [4.69, 9.17) is 9.47 Å². The van der Waals surface area contributed by atoms with Crippen LogP contribution in [0.25, 0.3) is 6.08 Å². The van der Waals surface area contributed by atoms with Crippen LogP contribution < -0.4 is 10.1 Å². The molecule has 0 aliphatic carbocycles. The van der Waals surface area contributed by atoms with Crippen molar-refractivity contribution in [3.05, 3.63) is 35.7 Å². The predicted octanol–water partition coefficient (Wildman–Crippen LogP) is 3.76. The van der Waals surface area contributed by atoms with E-state index in [9.17, 15) is 9.18 Å². The van der Waals surface area contributed by atoms with Crippen LogP contribution in [0, 0.1) is 5.82 Å². The van der Waals surface area contributed by atoms with Crippen molar-refractivity contribution in [2.24, 2.45) is 0 Å². The van der Waals surface area contributed by atoms with E-state index in [0.717, 1.165) is 0 Å². The molecule has 0 heterocycles. The van der Waals surface area contributed by atoms with E-state index in [0.29, 0.717) is 24.3 Å². The van der Waals surface area contributed by atoms with E-state index in [1.165, 1.54) is 13.2 Å². The van der Waals surface area contributed by atoms with Crippen LogP contribution in [0.15, 0.2) is 24.3 Å². The Balaban J connectivity index is 2.45. The van der Waals surface area contributed by atoms with Gasteiger partial charge in [0.25, 0.3) is 0 Å². The molecule has 21 heavy (non-hydrogen) atoms. The third kappa shape index (κ3) is 6.29. The smallest absolute Gasteiger partial charge is 0.407 e. The third-order valence-electron chi connectivity index (χ3n) is 2.50. The molecular formula is C16H22FNO3. The Morgan fingerprint density at radius 3 is 2.71 bits per heavy atom. The number of halogens is 1. The molecule has 4 nitrogen and oxygen atoms in total. The molecule has 5 heteroatoms. The number of rotatable bonds is 5. The summed E-state index contributed by atoms with van der Waals surface area (Å²) >= 11 is 0. The summed E-state index contributed by atoms with van der Waals surface area (Å²) in [5, 5.41) is 2.63. The first kappa shape index (κ1) is 17.0. The Morgan fingerprint density at radius 1 is 1.38 bits per heavy atom. The average molecular weight is 295 g/mol. The number of methoxy groups -OCH3 is 1. The molecule has 1 amide bonds. The minimum absolute atomic E-state index is 0.342. The van der Waals surface area contributed by atoms with Crippen LogP contribution in [0.1, 0.15) is 32.8 Å². The molecule has 116 valence electrons. The fourth-order valence-corrected chi connectivity index (χ4v) is 1.63.